The number of unbranched alkanes of at least 4 members (excludes halogenated alkanes) is 1. The van der Waals surface area contributed by atoms with E-state index in [1.807, 2.05) is 6.92 Å². The van der Waals surface area contributed by atoms with E-state index >= 15 is 0 Å². The van der Waals surface area contributed by atoms with Crippen LogP contribution in [0.25, 0.3) is 0 Å². The van der Waals surface area contributed by atoms with Gasteiger partial charge >= 0.3 is 0 Å². The Labute approximate surface area is 101 Å². The molecule has 5 nitrogen and oxygen atoms in total. The van der Waals surface area contributed by atoms with Crippen molar-refractivity contribution in [1.29, 1.82) is 0 Å². The van der Waals surface area contributed by atoms with E-state index in [1.54, 1.807) is 0 Å². The highest BCUT2D eigenvalue weighted by atomic mass is 32.1. The molecule has 0 spiro atoms. The fourth-order valence-corrected chi connectivity index (χ4v) is 1.55. The van der Waals surface area contributed by atoms with Crippen LogP contribution >= 0.6 is 12.2 Å². The van der Waals surface area contributed by atoms with Gasteiger partial charge in [0.1, 0.15) is 0 Å². The highest BCUT2D eigenvalue weighted by Gasteiger charge is 2.18. The second-order valence-electron chi connectivity index (χ2n) is 3.58. The van der Waals surface area contributed by atoms with E-state index in [4.69, 9.17) is 23.7 Å². The summed E-state index contributed by atoms with van der Waals surface area (Å²) in [5.74, 6) is -0.860. The first-order valence-corrected chi connectivity index (χ1v) is 5.75. The molecule has 0 aromatic carbocycles. The smallest absolute Gasteiger partial charge is 0.229 e. The minimum atomic E-state index is -0.397. The molecule has 5 N–H and O–H groups in total. The molecule has 0 aliphatic heterocycles. The van der Waals surface area contributed by atoms with E-state index < -0.39 is 5.92 Å². The molecule has 0 aromatic heterocycles. The van der Waals surface area contributed by atoms with Crippen molar-refractivity contribution in [3.05, 3.63) is 0 Å². The first kappa shape index (κ1) is 14.8. The summed E-state index contributed by atoms with van der Waals surface area (Å²) >= 11 is 4.78. The van der Waals surface area contributed by atoms with Gasteiger partial charge in [0.2, 0.25) is 11.8 Å². The molecule has 0 saturated carbocycles. The summed E-state index contributed by atoms with van der Waals surface area (Å²) in [6.45, 7) is 2.38. The molecule has 0 radical (unpaired) electrons. The highest BCUT2D eigenvalue weighted by molar-refractivity contribution is 7.80. The molecule has 1 atom stereocenters. The second-order valence-corrected chi connectivity index (χ2v) is 4.05. The third-order valence-corrected chi connectivity index (χ3v) is 2.50. The summed E-state index contributed by atoms with van der Waals surface area (Å²) in [6.07, 6.45) is 2.35. The minimum absolute atomic E-state index is 0.144. The minimum Gasteiger partial charge on any atom is -0.393 e. The van der Waals surface area contributed by atoms with Crippen molar-refractivity contribution in [3.63, 3.8) is 0 Å². The Morgan fingerprint density at radius 3 is 2.38 bits per heavy atom. The largest absolute Gasteiger partial charge is 0.393 e. The fourth-order valence-electron chi connectivity index (χ4n) is 1.27. The SMILES string of the molecule is CCC(C(=O)NCCCCC(N)=O)C(N)=S. The first-order valence-electron chi connectivity index (χ1n) is 5.34. The van der Waals surface area contributed by atoms with Crippen LogP contribution in [-0.4, -0.2) is 23.3 Å². The first-order chi connectivity index (χ1) is 7.49. The second kappa shape index (κ2) is 8.04. The van der Waals surface area contributed by atoms with Gasteiger partial charge in [0.15, 0.2) is 0 Å². The van der Waals surface area contributed by atoms with E-state index in [0.717, 1.165) is 6.42 Å². The van der Waals surface area contributed by atoms with E-state index in [9.17, 15) is 9.59 Å². The molecular formula is C10H19N3O2S. The topological polar surface area (TPSA) is 98.2 Å². The zero-order valence-electron chi connectivity index (χ0n) is 9.49. The molecule has 0 fully saturated rings. The summed E-state index contributed by atoms with van der Waals surface area (Å²) in [5, 5.41) is 2.73. The Balaban J connectivity index is 3.72. The van der Waals surface area contributed by atoms with Crippen molar-refractivity contribution in [1.82, 2.24) is 5.32 Å². The van der Waals surface area contributed by atoms with Gasteiger partial charge in [0, 0.05) is 13.0 Å². The molecule has 0 aromatic rings. The van der Waals surface area contributed by atoms with Gasteiger partial charge in [-0.15, -0.1) is 0 Å². The quantitative estimate of drug-likeness (QED) is 0.416. The van der Waals surface area contributed by atoms with Crippen LogP contribution in [0.2, 0.25) is 0 Å². The fraction of sp³-hybridized carbons (Fsp3) is 0.700. The number of amides is 2. The predicted octanol–water partition coefficient (Wildman–Crippen LogP) is 0.0705. The number of hydrogen-bond donors (Lipinski definition) is 3. The van der Waals surface area contributed by atoms with Crippen LogP contribution in [-0.2, 0) is 9.59 Å². The Morgan fingerprint density at radius 2 is 1.94 bits per heavy atom. The maximum absolute atomic E-state index is 11.5. The van der Waals surface area contributed by atoms with Gasteiger partial charge in [0.25, 0.3) is 0 Å². The lowest BCUT2D eigenvalue weighted by Crippen LogP contribution is -2.37. The third-order valence-electron chi connectivity index (χ3n) is 2.22. The average Bonchev–Trinajstić information content (AvgIpc) is 2.17. The highest BCUT2D eigenvalue weighted by Crippen LogP contribution is 2.03. The summed E-state index contributed by atoms with van der Waals surface area (Å²) in [4.78, 5) is 22.2. The normalized spacial score (nSPS) is 11.8. The van der Waals surface area contributed by atoms with Crippen molar-refractivity contribution < 1.29 is 9.59 Å². The Hall–Kier alpha value is -1.17. The van der Waals surface area contributed by atoms with Crippen LogP contribution < -0.4 is 16.8 Å². The van der Waals surface area contributed by atoms with Crippen LogP contribution in [0.1, 0.15) is 32.6 Å². The van der Waals surface area contributed by atoms with Gasteiger partial charge in [-0.1, -0.05) is 19.1 Å². The van der Waals surface area contributed by atoms with Gasteiger partial charge in [0.05, 0.1) is 10.9 Å². The van der Waals surface area contributed by atoms with Crippen LogP contribution in [0.5, 0.6) is 0 Å². The molecule has 0 bridgehead atoms. The molecule has 0 aliphatic carbocycles. The summed E-state index contributed by atoms with van der Waals surface area (Å²) in [6, 6.07) is 0. The monoisotopic (exact) mass is 245 g/mol. The number of hydrogen-bond acceptors (Lipinski definition) is 3. The standard InChI is InChI=1S/C10H19N3O2S/c1-2-7(9(12)16)10(15)13-6-4-3-5-8(11)14/h7H,2-6H2,1H3,(H2,11,14)(H2,12,16)(H,13,15). The van der Waals surface area contributed by atoms with Crippen LogP contribution in [0.3, 0.4) is 0 Å². The predicted molar refractivity (Wildman–Crippen MR) is 66.6 cm³/mol. The lowest BCUT2D eigenvalue weighted by Gasteiger charge is -2.12. The molecule has 16 heavy (non-hydrogen) atoms. The molecular weight excluding hydrogens is 226 g/mol. The van der Waals surface area contributed by atoms with Gasteiger partial charge in [-0.05, 0) is 19.3 Å². The molecule has 0 aliphatic rings. The van der Waals surface area contributed by atoms with E-state index in [1.165, 1.54) is 0 Å². The van der Waals surface area contributed by atoms with Gasteiger partial charge in [-0.2, -0.15) is 0 Å². The molecule has 0 rings (SSSR count). The number of carbonyl (C=O) groups excluding carboxylic acids is 2. The lowest BCUT2D eigenvalue weighted by molar-refractivity contribution is -0.123. The zero-order chi connectivity index (χ0) is 12.6. The Morgan fingerprint density at radius 1 is 1.31 bits per heavy atom. The number of carbonyl (C=O) groups is 2. The van der Waals surface area contributed by atoms with E-state index in [-0.39, 0.29) is 16.8 Å². The molecule has 6 heteroatoms. The van der Waals surface area contributed by atoms with Crippen molar-refractivity contribution in [3.8, 4) is 0 Å². The van der Waals surface area contributed by atoms with Crippen molar-refractivity contribution >= 4 is 29.0 Å². The molecule has 0 heterocycles. The summed E-state index contributed by atoms with van der Waals surface area (Å²) < 4.78 is 0. The number of nitrogens with two attached hydrogens (primary N) is 2. The van der Waals surface area contributed by atoms with Crippen molar-refractivity contribution in [2.24, 2.45) is 17.4 Å². The third kappa shape index (κ3) is 6.34. The van der Waals surface area contributed by atoms with Crippen LogP contribution in [0.4, 0.5) is 0 Å². The zero-order valence-corrected chi connectivity index (χ0v) is 10.3. The average molecular weight is 245 g/mol. The summed E-state index contributed by atoms with van der Waals surface area (Å²) in [5.41, 5.74) is 10.4. The number of thiocarbonyl (C=S) groups is 1. The Kier molecular flexibility index (Phi) is 7.45. The molecule has 1 unspecified atom stereocenters. The Bertz CT molecular complexity index is 269. The summed E-state index contributed by atoms with van der Waals surface area (Å²) in [7, 11) is 0. The maximum atomic E-state index is 11.5. The maximum Gasteiger partial charge on any atom is 0.229 e. The van der Waals surface area contributed by atoms with Crippen molar-refractivity contribution in [2.45, 2.75) is 32.6 Å². The van der Waals surface area contributed by atoms with Gasteiger partial charge in [-0.3, -0.25) is 9.59 Å². The molecule has 2 amide bonds. The van der Waals surface area contributed by atoms with E-state index in [0.29, 0.717) is 25.8 Å². The molecule has 0 saturated heterocycles. The lowest BCUT2D eigenvalue weighted by atomic mass is 10.1. The van der Waals surface area contributed by atoms with E-state index in [2.05, 4.69) is 5.32 Å². The van der Waals surface area contributed by atoms with Crippen LogP contribution in [0, 0.1) is 5.92 Å². The van der Waals surface area contributed by atoms with Gasteiger partial charge < -0.3 is 16.8 Å². The number of primary amides is 1. The number of nitrogens with one attached hydrogen (secondary N) is 1. The van der Waals surface area contributed by atoms with Crippen LogP contribution in [0.15, 0.2) is 0 Å². The molecule has 92 valence electrons. The number of rotatable bonds is 8. The van der Waals surface area contributed by atoms with Gasteiger partial charge in [-0.25, -0.2) is 0 Å². The van der Waals surface area contributed by atoms with Crippen molar-refractivity contribution in [2.75, 3.05) is 6.54 Å².